The van der Waals surface area contributed by atoms with Crippen molar-refractivity contribution in [2.24, 2.45) is 5.41 Å². The molecule has 28 heavy (non-hydrogen) atoms. The number of nitrogens with zero attached hydrogens (tertiary/aromatic N) is 3. The van der Waals surface area contributed by atoms with Crippen LogP contribution in [0.15, 0.2) is 29.1 Å². The summed E-state index contributed by atoms with van der Waals surface area (Å²) in [4.78, 5) is 43.9. The second kappa shape index (κ2) is 6.34. The molecule has 2 saturated heterocycles. The van der Waals surface area contributed by atoms with E-state index in [1.807, 2.05) is 0 Å². The van der Waals surface area contributed by atoms with Crippen molar-refractivity contribution in [2.45, 2.75) is 25.7 Å². The molecule has 1 spiro atoms. The summed E-state index contributed by atoms with van der Waals surface area (Å²) in [5, 5.41) is -0.135. The number of hydrogen-bond acceptors (Lipinski definition) is 5. The lowest BCUT2D eigenvalue weighted by molar-refractivity contribution is -0.159. The maximum absolute atomic E-state index is 13.2. The van der Waals surface area contributed by atoms with E-state index in [2.05, 4.69) is 4.98 Å². The summed E-state index contributed by atoms with van der Waals surface area (Å²) in [7, 11) is 0. The minimum absolute atomic E-state index is 0.0591. The van der Waals surface area contributed by atoms with E-state index in [-0.39, 0.29) is 46.3 Å². The summed E-state index contributed by atoms with van der Waals surface area (Å²) in [6.45, 7) is 2.11. The van der Waals surface area contributed by atoms with E-state index in [9.17, 15) is 23.2 Å². The Hall–Kier alpha value is -2.35. The molecular weight excluding hydrogens is 392 g/mol. The molecule has 1 amide bonds. The maximum atomic E-state index is 13.2. The Bertz CT molecular complexity index is 909. The van der Waals surface area contributed by atoms with Crippen molar-refractivity contribution < 1.29 is 23.2 Å². The van der Waals surface area contributed by atoms with Crippen LogP contribution >= 0.6 is 11.6 Å². The molecule has 2 aliphatic heterocycles. The standard InChI is InChI=1S/C19H18ClF2N3O3/c1-18(21,22)17(28)24-7-4-19(5-8-24)9-25(10-19)14-12(20)16(27)13-11(15(14)26)3-2-6-23-13/h2-3,6H,4-5,7-10H2,1H3. The van der Waals surface area contributed by atoms with Crippen LogP contribution in [0.4, 0.5) is 8.78 Å². The molecule has 4 rings (SSSR count). The third-order valence-corrected chi connectivity index (χ3v) is 6.10. The lowest BCUT2D eigenvalue weighted by Crippen LogP contribution is -2.62. The number of aromatic nitrogens is 1. The molecule has 1 aromatic rings. The summed E-state index contributed by atoms with van der Waals surface area (Å²) in [5.74, 6) is -5.33. The van der Waals surface area contributed by atoms with Crippen LogP contribution in [0, 0.1) is 5.41 Å². The number of rotatable bonds is 2. The Balaban J connectivity index is 1.46. The zero-order chi connectivity index (χ0) is 20.3. The topological polar surface area (TPSA) is 70.6 Å². The quantitative estimate of drug-likeness (QED) is 0.750. The summed E-state index contributed by atoms with van der Waals surface area (Å²) in [6.07, 6.45) is 2.57. The summed E-state index contributed by atoms with van der Waals surface area (Å²) in [5.41, 5.74) is 0.307. The Morgan fingerprint density at radius 1 is 1.21 bits per heavy atom. The number of fused-ring (bicyclic) bond motifs is 1. The fourth-order valence-electron chi connectivity index (χ4n) is 4.19. The van der Waals surface area contributed by atoms with Crippen molar-refractivity contribution in [3.8, 4) is 0 Å². The first-order chi connectivity index (χ1) is 13.1. The minimum atomic E-state index is -3.37. The molecule has 0 N–H and O–H groups in total. The van der Waals surface area contributed by atoms with Crippen LogP contribution in [0.1, 0.15) is 40.6 Å². The number of ketones is 2. The van der Waals surface area contributed by atoms with Gasteiger partial charge in [-0.3, -0.25) is 19.4 Å². The molecule has 0 unspecified atom stereocenters. The number of carbonyl (C=O) groups excluding carboxylic acids is 3. The third kappa shape index (κ3) is 2.90. The second-order valence-electron chi connectivity index (χ2n) is 7.76. The zero-order valence-electron chi connectivity index (χ0n) is 15.2. The molecule has 6 nitrogen and oxygen atoms in total. The predicted molar refractivity (Wildman–Crippen MR) is 96.2 cm³/mol. The molecule has 9 heteroatoms. The number of amides is 1. The van der Waals surface area contributed by atoms with Crippen LogP contribution in [0.3, 0.4) is 0 Å². The molecule has 0 atom stereocenters. The molecular formula is C19H18ClF2N3O3. The van der Waals surface area contributed by atoms with Crippen LogP contribution in [0.2, 0.25) is 0 Å². The number of piperidine rings is 1. The number of Topliss-reactive ketones (excluding diaryl/α,β-unsaturated/α-hetero) is 2. The van der Waals surface area contributed by atoms with Gasteiger partial charge in [0.05, 0.1) is 5.56 Å². The number of carbonyl (C=O) groups is 3. The van der Waals surface area contributed by atoms with Crippen LogP contribution in [0.25, 0.3) is 0 Å². The fourth-order valence-corrected chi connectivity index (χ4v) is 4.49. The smallest absolute Gasteiger partial charge is 0.322 e. The molecule has 0 aromatic carbocycles. The first-order valence-corrected chi connectivity index (χ1v) is 9.37. The number of hydrogen-bond donors (Lipinski definition) is 0. The normalized spacial score (nSPS) is 21.7. The lowest BCUT2D eigenvalue weighted by atomic mass is 9.71. The van der Waals surface area contributed by atoms with Gasteiger partial charge in [-0.15, -0.1) is 0 Å². The molecule has 1 aromatic heterocycles. The van der Waals surface area contributed by atoms with Gasteiger partial charge in [0.1, 0.15) is 16.4 Å². The van der Waals surface area contributed by atoms with E-state index < -0.39 is 17.6 Å². The fraction of sp³-hybridized carbons (Fsp3) is 0.474. The molecule has 2 fully saturated rings. The van der Waals surface area contributed by atoms with E-state index >= 15 is 0 Å². The highest BCUT2D eigenvalue weighted by molar-refractivity contribution is 6.49. The third-order valence-electron chi connectivity index (χ3n) is 5.75. The first-order valence-electron chi connectivity index (χ1n) is 8.99. The first kappa shape index (κ1) is 19.0. The largest absolute Gasteiger partial charge is 0.366 e. The van der Waals surface area contributed by atoms with Crippen LogP contribution < -0.4 is 0 Å². The highest BCUT2D eigenvalue weighted by Gasteiger charge is 2.50. The van der Waals surface area contributed by atoms with Gasteiger partial charge in [0, 0.05) is 44.7 Å². The number of halogens is 3. The van der Waals surface area contributed by atoms with Gasteiger partial charge in [0.25, 0.3) is 5.91 Å². The minimum Gasteiger partial charge on any atom is -0.366 e. The number of pyridine rings is 1. The molecule has 148 valence electrons. The Labute approximate surface area is 165 Å². The average Bonchev–Trinajstić information content (AvgIpc) is 2.64. The van der Waals surface area contributed by atoms with Gasteiger partial charge >= 0.3 is 5.92 Å². The van der Waals surface area contributed by atoms with E-state index in [1.165, 1.54) is 11.1 Å². The van der Waals surface area contributed by atoms with Crippen molar-refractivity contribution in [3.63, 3.8) is 0 Å². The van der Waals surface area contributed by atoms with Crippen LogP contribution in [0.5, 0.6) is 0 Å². The number of allylic oxidation sites excluding steroid dienone is 2. The van der Waals surface area contributed by atoms with Crippen molar-refractivity contribution in [3.05, 3.63) is 40.3 Å². The van der Waals surface area contributed by atoms with Gasteiger partial charge in [-0.05, 0) is 25.0 Å². The monoisotopic (exact) mass is 409 g/mol. The molecule has 0 bridgehead atoms. The van der Waals surface area contributed by atoms with Crippen LogP contribution in [-0.4, -0.2) is 64.4 Å². The van der Waals surface area contributed by atoms with Crippen molar-refractivity contribution >= 4 is 29.1 Å². The summed E-state index contributed by atoms with van der Waals surface area (Å²) >= 11 is 6.20. The SMILES string of the molecule is CC(F)(F)C(=O)N1CCC2(CC1)CN(C1=C(Cl)C(=O)c3ncccc3C1=O)C2. The van der Waals surface area contributed by atoms with Crippen molar-refractivity contribution in [1.29, 1.82) is 0 Å². The highest BCUT2D eigenvalue weighted by Crippen LogP contribution is 2.44. The van der Waals surface area contributed by atoms with Gasteiger partial charge in [-0.25, -0.2) is 0 Å². The lowest BCUT2D eigenvalue weighted by Gasteiger charge is -2.55. The Kier molecular flexibility index (Phi) is 4.30. The second-order valence-corrected chi connectivity index (χ2v) is 8.14. The highest BCUT2D eigenvalue weighted by atomic mass is 35.5. The Morgan fingerprint density at radius 3 is 2.46 bits per heavy atom. The van der Waals surface area contributed by atoms with Crippen molar-refractivity contribution in [2.75, 3.05) is 26.2 Å². The molecule has 3 heterocycles. The zero-order valence-corrected chi connectivity index (χ0v) is 15.9. The summed E-state index contributed by atoms with van der Waals surface area (Å²) < 4.78 is 26.5. The van der Waals surface area contributed by atoms with Crippen molar-refractivity contribution in [1.82, 2.24) is 14.8 Å². The molecule has 3 aliphatic rings. The van der Waals surface area contributed by atoms with E-state index in [1.54, 1.807) is 17.0 Å². The maximum Gasteiger partial charge on any atom is 0.322 e. The van der Waals surface area contributed by atoms with Gasteiger partial charge in [-0.2, -0.15) is 8.78 Å². The molecule has 0 radical (unpaired) electrons. The van der Waals surface area contributed by atoms with E-state index in [4.69, 9.17) is 11.6 Å². The average molecular weight is 410 g/mol. The molecule has 0 saturated carbocycles. The van der Waals surface area contributed by atoms with Gasteiger partial charge in [0.2, 0.25) is 11.6 Å². The van der Waals surface area contributed by atoms with E-state index in [0.717, 1.165) is 0 Å². The van der Waals surface area contributed by atoms with Gasteiger partial charge in [0.15, 0.2) is 0 Å². The predicted octanol–water partition coefficient (Wildman–Crippen LogP) is 2.49. The van der Waals surface area contributed by atoms with Gasteiger partial charge < -0.3 is 9.80 Å². The van der Waals surface area contributed by atoms with Crippen LogP contribution in [-0.2, 0) is 4.79 Å². The number of likely N-dealkylation sites (tertiary alicyclic amines) is 2. The number of alkyl halides is 2. The van der Waals surface area contributed by atoms with Gasteiger partial charge in [-0.1, -0.05) is 11.6 Å². The summed E-state index contributed by atoms with van der Waals surface area (Å²) in [6, 6.07) is 3.14. The van der Waals surface area contributed by atoms with E-state index in [0.29, 0.717) is 32.9 Å². The Morgan fingerprint density at radius 2 is 1.86 bits per heavy atom. The molecule has 1 aliphatic carbocycles.